The van der Waals surface area contributed by atoms with Gasteiger partial charge in [0.1, 0.15) is 5.82 Å². The van der Waals surface area contributed by atoms with Crippen LogP contribution < -0.4 is 5.73 Å². The van der Waals surface area contributed by atoms with Gasteiger partial charge in [-0.3, -0.25) is 0 Å². The lowest BCUT2D eigenvalue weighted by Gasteiger charge is -2.04. The smallest absolute Gasteiger partial charge is 0.133 e. The van der Waals surface area contributed by atoms with Gasteiger partial charge in [0.2, 0.25) is 0 Å². The summed E-state index contributed by atoms with van der Waals surface area (Å²) in [5.41, 5.74) is 7.21. The molecule has 0 fully saturated rings. The van der Waals surface area contributed by atoms with E-state index in [0.29, 0.717) is 16.3 Å². The molecular weight excluding hydrogens is 213 g/mol. The molecule has 2 aromatic rings. The van der Waals surface area contributed by atoms with E-state index in [1.54, 1.807) is 36.4 Å². The van der Waals surface area contributed by atoms with Crippen molar-refractivity contribution in [2.75, 3.05) is 5.73 Å². The molecule has 2 N–H and O–H groups in total. The van der Waals surface area contributed by atoms with Crippen molar-refractivity contribution in [1.29, 1.82) is 0 Å². The van der Waals surface area contributed by atoms with E-state index in [2.05, 4.69) is 0 Å². The maximum absolute atomic E-state index is 13.5. The zero-order valence-corrected chi connectivity index (χ0v) is 8.63. The van der Waals surface area contributed by atoms with Gasteiger partial charge in [0, 0.05) is 16.3 Å². The van der Waals surface area contributed by atoms with Gasteiger partial charge in [-0.1, -0.05) is 23.7 Å². The SMILES string of the molecule is Nc1ccc(-c2ccc(Cl)cc2)c(F)c1. The maximum Gasteiger partial charge on any atom is 0.133 e. The number of rotatable bonds is 1. The fourth-order valence-electron chi connectivity index (χ4n) is 1.39. The summed E-state index contributed by atoms with van der Waals surface area (Å²) >= 11 is 5.75. The monoisotopic (exact) mass is 221 g/mol. The fraction of sp³-hybridized carbons (Fsp3) is 0. The van der Waals surface area contributed by atoms with Gasteiger partial charge in [0.15, 0.2) is 0 Å². The van der Waals surface area contributed by atoms with Gasteiger partial charge in [0.25, 0.3) is 0 Å². The van der Waals surface area contributed by atoms with Crippen LogP contribution in [0, 0.1) is 5.82 Å². The molecule has 0 aliphatic carbocycles. The number of nitrogen functional groups attached to an aromatic ring is 1. The molecule has 0 amide bonds. The van der Waals surface area contributed by atoms with Gasteiger partial charge in [-0.15, -0.1) is 0 Å². The molecule has 0 saturated heterocycles. The predicted molar refractivity (Wildman–Crippen MR) is 61.3 cm³/mol. The molecule has 0 unspecified atom stereocenters. The number of nitrogens with two attached hydrogens (primary N) is 1. The second-order valence-electron chi connectivity index (χ2n) is 3.25. The Morgan fingerprint density at radius 1 is 1.00 bits per heavy atom. The zero-order valence-electron chi connectivity index (χ0n) is 7.87. The summed E-state index contributed by atoms with van der Waals surface area (Å²) in [5, 5.41) is 0.634. The minimum Gasteiger partial charge on any atom is -0.399 e. The van der Waals surface area contributed by atoms with Crippen molar-refractivity contribution in [2.24, 2.45) is 0 Å². The van der Waals surface area contributed by atoms with Crippen LogP contribution in [0.25, 0.3) is 11.1 Å². The maximum atomic E-state index is 13.5. The van der Waals surface area contributed by atoms with E-state index >= 15 is 0 Å². The molecule has 0 aliphatic heterocycles. The Bertz CT molecular complexity index is 479. The van der Waals surface area contributed by atoms with Crippen molar-refractivity contribution in [3.63, 3.8) is 0 Å². The zero-order chi connectivity index (χ0) is 10.8. The highest BCUT2D eigenvalue weighted by molar-refractivity contribution is 6.30. The lowest BCUT2D eigenvalue weighted by Crippen LogP contribution is -1.89. The molecule has 0 radical (unpaired) electrons. The third-order valence-electron chi connectivity index (χ3n) is 2.15. The molecule has 76 valence electrons. The third kappa shape index (κ3) is 2.10. The minimum atomic E-state index is -0.322. The summed E-state index contributed by atoms with van der Waals surface area (Å²) < 4.78 is 13.5. The van der Waals surface area contributed by atoms with Gasteiger partial charge in [0.05, 0.1) is 0 Å². The van der Waals surface area contributed by atoms with Gasteiger partial charge in [-0.25, -0.2) is 4.39 Å². The highest BCUT2D eigenvalue weighted by Gasteiger charge is 2.04. The molecular formula is C12H9ClFN. The van der Waals surface area contributed by atoms with Crippen LogP contribution in [-0.4, -0.2) is 0 Å². The Kier molecular flexibility index (Phi) is 2.60. The standard InChI is InChI=1S/C12H9ClFN/c13-9-3-1-8(2-4-9)11-6-5-10(15)7-12(11)14/h1-7H,15H2. The lowest BCUT2D eigenvalue weighted by atomic mass is 10.1. The minimum absolute atomic E-state index is 0.322. The van der Waals surface area contributed by atoms with E-state index in [1.165, 1.54) is 6.07 Å². The Morgan fingerprint density at radius 3 is 2.27 bits per heavy atom. The molecule has 0 atom stereocenters. The van der Waals surface area contributed by atoms with Gasteiger partial charge in [-0.05, 0) is 35.9 Å². The molecule has 15 heavy (non-hydrogen) atoms. The first-order valence-corrected chi connectivity index (χ1v) is 4.85. The molecule has 0 aliphatic rings. The van der Waals surface area contributed by atoms with Crippen LogP contribution in [-0.2, 0) is 0 Å². The lowest BCUT2D eigenvalue weighted by molar-refractivity contribution is 0.632. The predicted octanol–water partition coefficient (Wildman–Crippen LogP) is 3.73. The van der Waals surface area contributed by atoms with E-state index in [1.807, 2.05) is 0 Å². The van der Waals surface area contributed by atoms with Gasteiger partial charge in [-0.2, -0.15) is 0 Å². The van der Waals surface area contributed by atoms with Crippen LogP contribution >= 0.6 is 11.6 Å². The number of benzene rings is 2. The Morgan fingerprint density at radius 2 is 1.67 bits per heavy atom. The van der Waals surface area contributed by atoms with Crippen LogP contribution in [0.15, 0.2) is 42.5 Å². The first-order chi connectivity index (χ1) is 7.16. The summed E-state index contributed by atoms with van der Waals surface area (Å²) in [5.74, 6) is -0.322. The summed E-state index contributed by atoms with van der Waals surface area (Å²) in [6.45, 7) is 0. The van der Waals surface area contributed by atoms with E-state index in [-0.39, 0.29) is 5.82 Å². The summed E-state index contributed by atoms with van der Waals surface area (Å²) in [7, 11) is 0. The van der Waals surface area contributed by atoms with Crippen molar-refractivity contribution in [3.8, 4) is 11.1 Å². The van der Waals surface area contributed by atoms with Crippen molar-refractivity contribution >= 4 is 17.3 Å². The number of anilines is 1. The van der Waals surface area contributed by atoms with Gasteiger partial charge < -0.3 is 5.73 Å². The molecule has 0 saturated carbocycles. The van der Waals surface area contributed by atoms with Crippen LogP contribution in [0.2, 0.25) is 5.02 Å². The Balaban J connectivity index is 2.49. The number of halogens is 2. The van der Waals surface area contributed by atoms with Crippen LogP contribution in [0.3, 0.4) is 0 Å². The van der Waals surface area contributed by atoms with E-state index in [9.17, 15) is 4.39 Å². The van der Waals surface area contributed by atoms with Crippen LogP contribution in [0.4, 0.5) is 10.1 Å². The summed E-state index contributed by atoms with van der Waals surface area (Å²) in [6, 6.07) is 11.7. The first kappa shape index (κ1) is 9.99. The molecule has 0 heterocycles. The third-order valence-corrected chi connectivity index (χ3v) is 2.40. The van der Waals surface area contributed by atoms with Gasteiger partial charge >= 0.3 is 0 Å². The average molecular weight is 222 g/mol. The summed E-state index contributed by atoms with van der Waals surface area (Å²) in [6.07, 6.45) is 0. The normalized spacial score (nSPS) is 10.3. The molecule has 0 aromatic heterocycles. The van der Waals surface area contributed by atoms with Crippen LogP contribution in [0.5, 0.6) is 0 Å². The van der Waals surface area contributed by atoms with E-state index < -0.39 is 0 Å². The molecule has 0 spiro atoms. The summed E-state index contributed by atoms with van der Waals surface area (Å²) in [4.78, 5) is 0. The quantitative estimate of drug-likeness (QED) is 0.730. The molecule has 2 rings (SSSR count). The molecule has 1 nitrogen and oxygen atoms in total. The molecule has 0 bridgehead atoms. The van der Waals surface area contributed by atoms with Crippen molar-refractivity contribution in [1.82, 2.24) is 0 Å². The Labute approximate surface area is 92.3 Å². The second kappa shape index (κ2) is 3.91. The largest absolute Gasteiger partial charge is 0.399 e. The van der Waals surface area contributed by atoms with Crippen molar-refractivity contribution < 1.29 is 4.39 Å². The second-order valence-corrected chi connectivity index (χ2v) is 3.68. The van der Waals surface area contributed by atoms with Crippen molar-refractivity contribution in [2.45, 2.75) is 0 Å². The van der Waals surface area contributed by atoms with Crippen LogP contribution in [0.1, 0.15) is 0 Å². The molecule has 2 aromatic carbocycles. The number of hydrogen-bond acceptors (Lipinski definition) is 1. The van der Waals surface area contributed by atoms with E-state index in [4.69, 9.17) is 17.3 Å². The molecule has 3 heteroatoms. The first-order valence-electron chi connectivity index (χ1n) is 4.48. The highest BCUT2D eigenvalue weighted by atomic mass is 35.5. The fourth-order valence-corrected chi connectivity index (χ4v) is 1.52. The van der Waals surface area contributed by atoms with E-state index in [0.717, 1.165) is 5.56 Å². The average Bonchev–Trinajstić information content (AvgIpc) is 2.20. The van der Waals surface area contributed by atoms with Crippen molar-refractivity contribution in [3.05, 3.63) is 53.3 Å². The highest BCUT2D eigenvalue weighted by Crippen LogP contribution is 2.25. The Hall–Kier alpha value is -1.54. The number of hydrogen-bond donors (Lipinski definition) is 1. The topological polar surface area (TPSA) is 26.0 Å².